The lowest BCUT2D eigenvalue weighted by Crippen LogP contribution is -2.38. The molecule has 0 saturated carbocycles. The monoisotopic (exact) mass is 532 g/mol. The summed E-state index contributed by atoms with van der Waals surface area (Å²) in [4.78, 5) is 6.01. The van der Waals surface area contributed by atoms with E-state index in [1.165, 1.54) is 46.9 Å². The van der Waals surface area contributed by atoms with Crippen LogP contribution in [0.3, 0.4) is 0 Å². The first kappa shape index (κ1) is 26.3. The van der Waals surface area contributed by atoms with Crippen molar-refractivity contribution in [1.29, 1.82) is 0 Å². The highest BCUT2D eigenvalue weighted by atomic mass is 19.4. The molecule has 2 N–H and O–H groups in total. The summed E-state index contributed by atoms with van der Waals surface area (Å²) in [5, 5.41) is 8.81. The molecule has 2 atom stereocenters. The zero-order valence-corrected chi connectivity index (χ0v) is 21.2. The van der Waals surface area contributed by atoms with Crippen LogP contribution in [0.15, 0.2) is 42.6 Å². The SMILES string of the molecule is COCC(C)(C)Oc1cc(F)cc2ccc(-c3nnc4ccc(C(N5CCC(N)C5)C(F)(F)F)cn34)nc12. The molecule has 0 radical (unpaired) electrons. The normalized spacial score (nSPS) is 17.9. The fourth-order valence-electron chi connectivity index (χ4n) is 4.95. The van der Waals surface area contributed by atoms with Crippen LogP contribution in [0.5, 0.6) is 5.75 Å². The third-order valence-electron chi connectivity index (χ3n) is 6.50. The summed E-state index contributed by atoms with van der Waals surface area (Å²) in [6.07, 6.45) is -2.61. The molecule has 0 spiro atoms. The van der Waals surface area contributed by atoms with Crippen LogP contribution >= 0.6 is 0 Å². The average Bonchev–Trinajstić information content (AvgIpc) is 3.43. The van der Waals surface area contributed by atoms with Gasteiger partial charge in [-0.25, -0.2) is 9.37 Å². The van der Waals surface area contributed by atoms with E-state index in [0.717, 1.165) is 0 Å². The Bertz CT molecular complexity index is 1470. The lowest BCUT2D eigenvalue weighted by Gasteiger charge is -2.30. The van der Waals surface area contributed by atoms with Crippen LogP contribution in [-0.2, 0) is 4.74 Å². The van der Waals surface area contributed by atoms with Crippen molar-refractivity contribution >= 4 is 16.6 Å². The summed E-state index contributed by atoms with van der Waals surface area (Å²) in [5.74, 6) is -0.0391. The van der Waals surface area contributed by atoms with E-state index in [4.69, 9.17) is 15.2 Å². The van der Waals surface area contributed by atoms with Gasteiger partial charge in [0.05, 0.1) is 6.61 Å². The van der Waals surface area contributed by atoms with E-state index in [9.17, 15) is 17.6 Å². The fourth-order valence-corrected chi connectivity index (χ4v) is 4.95. The molecule has 0 aliphatic carbocycles. The minimum Gasteiger partial charge on any atom is -0.483 e. The second-order valence-electron chi connectivity index (χ2n) is 10.2. The molecule has 1 aromatic carbocycles. The topological polar surface area (TPSA) is 90.8 Å². The van der Waals surface area contributed by atoms with Gasteiger partial charge in [-0.2, -0.15) is 13.2 Å². The van der Waals surface area contributed by atoms with Crippen molar-refractivity contribution in [3.05, 3.63) is 54.0 Å². The van der Waals surface area contributed by atoms with E-state index in [1.54, 1.807) is 26.0 Å². The summed E-state index contributed by atoms with van der Waals surface area (Å²) < 4.78 is 69.6. The van der Waals surface area contributed by atoms with Gasteiger partial charge in [-0.05, 0) is 44.0 Å². The molecule has 12 heteroatoms. The highest BCUT2D eigenvalue weighted by molar-refractivity contribution is 5.86. The molecule has 2 unspecified atom stereocenters. The number of hydrogen-bond donors (Lipinski definition) is 1. The highest BCUT2D eigenvalue weighted by Crippen LogP contribution is 2.39. The summed E-state index contributed by atoms with van der Waals surface area (Å²) in [6.45, 7) is 4.26. The van der Waals surface area contributed by atoms with E-state index >= 15 is 0 Å². The smallest absolute Gasteiger partial charge is 0.408 e. The van der Waals surface area contributed by atoms with Gasteiger partial charge in [0.15, 0.2) is 11.5 Å². The Morgan fingerprint density at radius 3 is 2.61 bits per heavy atom. The molecule has 3 aromatic heterocycles. The van der Waals surface area contributed by atoms with Gasteiger partial charge in [-0.1, -0.05) is 12.1 Å². The van der Waals surface area contributed by atoms with Gasteiger partial charge < -0.3 is 15.2 Å². The Hall–Kier alpha value is -3.35. The van der Waals surface area contributed by atoms with Gasteiger partial charge in [-0.15, -0.1) is 10.2 Å². The van der Waals surface area contributed by atoms with Crippen LogP contribution in [0, 0.1) is 5.82 Å². The van der Waals surface area contributed by atoms with Gasteiger partial charge in [0.25, 0.3) is 0 Å². The van der Waals surface area contributed by atoms with Crippen LogP contribution in [0.1, 0.15) is 31.9 Å². The maximum atomic E-state index is 14.3. The molecular formula is C26H28F4N6O2. The number of fused-ring (bicyclic) bond motifs is 2. The number of nitrogens with two attached hydrogens (primary N) is 1. The zero-order valence-electron chi connectivity index (χ0n) is 21.2. The Morgan fingerprint density at radius 2 is 1.92 bits per heavy atom. The van der Waals surface area contributed by atoms with E-state index < -0.39 is 23.6 Å². The highest BCUT2D eigenvalue weighted by Gasteiger charge is 2.46. The lowest BCUT2D eigenvalue weighted by atomic mass is 10.1. The second kappa shape index (κ2) is 9.75. The van der Waals surface area contributed by atoms with E-state index in [1.807, 2.05) is 0 Å². The largest absolute Gasteiger partial charge is 0.483 e. The number of hydrogen-bond acceptors (Lipinski definition) is 7. The van der Waals surface area contributed by atoms with E-state index in [2.05, 4.69) is 15.2 Å². The summed E-state index contributed by atoms with van der Waals surface area (Å²) >= 11 is 0. The Labute approximate surface area is 216 Å². The fraction of sp³-hybridized carbons (Fsp3) is 0.423. The molecular weight excluding hydrogens is 504 g/mol. The van der Waals surface area contributed by atoms with Crippen molar-refractivity contribution in [2.45, 2.75) is 44.1 Å². The minimum atomic E-state index is -4.50. The van der Waals surface area contributed by atoms with Crippen molar-refractivity contribution < 1.29 is 27.0 Å². The van der Waals surface area contributed by atoms with Gasteiger partial charge in [0, 0.05) is 43.9 Å². The van der Waals surface area contributed by atoms with Crippen LogP contribution in [0.4, 0.5) is 17.6 Å². The molecule has 4 heterocycles. The maximum Gasteiger partial charge on any atom is 0.408 e. The number of ether oxygens (including phenoxy) is 2. The molecule has 1 saturated heterocycles. The van der Waals surface area contributed by atoms with Crippen LogP contribution in [0.2, 0.25) is 0 Å². The zero-order chi connectivity index (χ0) is 27.2. The predicted molar refractivity (Wildman–Crippen MR) is 133 cm³/mol. The number of aromatic nitrogens is 4. The third-order valence-corrected chi connectivity index (χ3v) is 6.50. The number of benzene rings is 1. The first-order valence-electron chi connectivity index (χ1n) is 12.1. The second-order valence-corrected chi connectivity index (χ2v) is 10.2. The number of nitrogens with zero attached hydrogens (tertiary/aromatic N) is 5. The van der Waals surface area contributed by atoms with E-state index in [0.29, 0.717) is 28.7 Å². The van der Waals surface area contributed by atoms with Crippen LogP contribution < -0.4 is 10.5 Å². The number of likely N-dealkylation sites (tertiary alicyclic amines) is 1. The molecule has 8 nitrogen and oxygen atoms in total. The van der Waals surface area contributed by atoms with E-state index in [-0.39, 0.29) is 42.9 Å². The molecule has 5 rings (SSSR count). The molecule has 0 amide bonds. The quantitative estimate of drug-likeness (QED) is 0.350. The molecule has 1 aliphatic heterocycles. The molecule has 38 heavy (non-hydrogen) atoms. The first-order chi connectivity index (χ1) is 17.9. The predicted octanol–water partition coefficient (Wildman–Crippen LogP) is 4.52. The van der Waals surface area contributed by atoms with Crippen molar-refractivity contribution in [3.8, 4) is 17.3 Å². The Kier molecular flexibility index (Phi) is 6.74. The van der Waals surface area contributed by atoms with Crippen LogP contribution in [0.25, 0.3) is 28.1 Å². The van der Waals surface area contributed by atoms with Gasteiger partial charge in [0.2, 0.25) is 0 Å². The standard InChI is InChI=1S/C26H28F4N6O2/c1-25(2,14-37-3)38-20-11-17(27)10-15-4-6-19(32-22(15)20)24-34-33-21-7-5-16(12-36(21)24)23(26(28,29)30)35-9-8-18(31)13-35/h4-7,10-12,18,23H,8-9,13-14,31H2,1-3H3. The Balaban J connectivity index is 1.59. The molecule has 1 aliphatic rings. The summed E-state index contributed by atoms with van der Waals surface area (Å²) in [5.41, 5.74) is 6.26. The van der Waals surface area contributed by atoms with Gasteiger partial charge >= 0.3 is 6.18 Å². The Morgan fingerprint density at radius 1 is 1.13 bits per heavy atom. The number of alkyl halides is 3. The molecule has 0 bridgehead atoms. The number of halogens is 4. The summed E-state index contributed by atoms with van der Waals surface area (Å²) in [7, 11) is 1.54. The van der Waals surface area contributed by atoms with Crippen molar-refractivity contribution in [2.24, 2.45) is 5.73 Å². The van der Waals surface area contributed by atoms with Crippen molar-refractivity contribution in [1.82, 2.24) is 24.5 Å². The maximum absolute atomic E-state index is 14.3. The number of rotatable bonds is 7. The average molecular weight is 533 g/mol. The number of methoxy groups -OCH3 is 1. The first-order valence-corrected chi connectivity index (χ1v) is 12.1. The molecule has 4 aromatic rings. The lowest BCUT2D eigenvalue weighted by molar-refractivity contribution is -0.183. The van der Waals surface area contributed by atoms with Gasteiger partial charge in [0.1, 0.15) is 34.4 Å². The molecule has 1 fully saturated rings. The van der Waals surface area contributed by atoms with Crippen LogP contribution in [-0.4, -0.2) is 69.1 Å². The summed E-state index contributed by atoms with van der Waals surface area (Å²) in [6, 6.07) is 6.65. The molecule has 202 valence electrons. The third kappa shape index (κ3) is 5.16. The van der Waals surface area contributed by atoms with Gasteiger partial charge in [-0.3, -0.25) is 9.30 Å². The van der Waals surface area contributed by atoms with Crippen molar-refractivity contribution in [2.75, 3.05) is 26.8 Å². The van der Waals surface area contributed by atoms with Crippen molar-refractivity contribution in [3.63, 3.8) is 0 Å². The number of pyridine rings is 2. The minimum absolute atomic E-state index is 0.0494.